The van der Waals surface area contributed by atoms with Crippen molar-refractivity contribution in [2.45, 2.75) is 111 Å². The van der Waals surface area contributed by atoms with Gasteiger partial charge in [0.1, 0.15) is 28.3 Å². The molecule has 0 aliphatic carbocycles. The summed E-state index contributed by atoms with van der Waals surface area (Å²) < 4.78 is 27.4. The number of nitrogens with one attached hydrogen (secondary N) is 9. The quantitative estimate of drug-likeness (QED) is 0.0102. The van der Waals surface area contributed by atoms with E-state index in [9.17, 15) is 19.5 Å². The standard InChI is InChI=1S/C30H26N8O2.C27H26N6O3.C25H22N6O3.C24H21IN6O.3CH4.FH/c1-20-16-21(6-5-14-31)10-13-25(20)36-28-27(29(39)34-18-24-7-3-4-15-33-24)26(19-40-2)37-30(38-28)35-23-11-8-22(17-32)9-12-23;1-5-36-26(34)23-22(16-35-4)31-27(30-21-10-8-19(15-29)9-11-21)33-25(23)32-24-17(2)13-20(7-6-12-28)14-18(24)3;1-15-11-18(5-4-10-26)12-16(2)22(15)30-23-21(24(32)33)20(14-34-3)29-25(31-23)28-19-8-6-17(13-27)7-9-19;1-15-11-18(5-4-10-26)12-16(2)22(15)30-23-21(25)20(14-32-3)29-24(31-23)28-19-8-6-17(13-27)7-9-19;;;;/h3-13,15-16H,18-19H2,1-2H3,(H,34,39)(H2,35,36,37,38);6-11,13-14H,5,16H2,1-4H3,(H2,30,31,32,33);4-9,11-12H,14H2,1-3H3,(H,32,33)(H2,28,29,30,31);4-9,11-12H,14H2,1-3H3,(H2,28,29,30,31);3*1H4;1H/b6-5+;7-6+;2*5-4+;;;;. The third-order valence-corrected chi connectivity index (χ3v) is 21.6. The van der Waals surface area contributed by atoms with Gasteiger partial charge in [0.05, 0.1) is 142 Å². The number of pyridine rings is 1. The van der Waals surface area contributed by atoms with Gasteiger partial charge in [-0.3, -0.25) is 14.5 Å². The van der Waals surface area contributed by atoms with Crippen LogP contribution in [0.15, 0.2) is 200 Å². The van der Waals surface area contributed by atoms with Crippen LogP contribution in [0.5, 0.6) is 0 Å². The first-order valence-corrected chi connectivity index (χ1v) is 44.5. The van der Waals surface area contributed by atoms with Crippen molar-refractivity contribution in [1.29, 1.82) is 42.1 Å². The highest BCUT2D eigenvalue weighted by Gasteiger charge is 2.28. The Labute approximate surface area is 861 Å². The van der Waals surface area contributed by atoms with Crippen LogP contribution in [-0.4, -0.2) is 103 Å². The van der Waals surface area contributed by atoms with Crippen LogP contribution in [0.25, 0.3) is 24.3 Å². The molecule has 146 heavy (non-hydrogen) atoms. The normalized spacial score (nSPS) is 10.2. The molecule has 0 saturated carbocycles. The number of esters is 1. The lowest BCUT2D eigenvalue weighted by Crippen LogP contribution is -2.27. The minimum Gasteiger partial charge on any atom is -0.477 e. The number of aromatic carboxylic acids is 1. The Balaban J connectivity index is 0.000000296. The summed E-state index contributed by atoms with van der Waals surface area (Å²) in [6, 6.07) is 66.6. The van der Waals surface area contributed by atoms with Crippen LogP contribution in [0.1, 0.15) is 172 Å². The first-order valence-electron chi connectivity index (χ1n) is 43.4. The van der Waals surface area contributed by atoms with E-state index in [2.05, 4.69) is 140 Å². The number of hydrogen-bond acceptors (Lipinski definition) is 33. The van der Waals surface area contributed by atoms with Gasteiger partial charge in [0.25, 0.3) is 5.91 Å². The summed E-state index contributed by atoms with van der Waals surface area (Å²) in [5, 5.41) is 110. The molecule has 0 aliphatic heterocycles. The van der Waals surface area contributed by atoms with Gasteiger partial charge in [0.15, 0.2) is 11.6 Å². The zero-order chi connectivity index (χ0) is 102. The average molecular weight is 2070 g/mol. The highest BCUT2D eigenvalue weighted by atomic mass is 127. The number of rotatable bonds is 34. The molecule has 5 heterocycles. The summed E-state index contributed by atoms with van der Waals surface area (Å²) in [6.07, 6.45) is 14.3. The second-order valence-corrected chi connectivity index (χ2v) is 31.9. The summed E-state index contributed by atoms with van der Waals surface area (Å²) in [5.41, 5.74) is 20.8. The molecule has 35 nitrogen and oxygen atoms in total. The Morgan fingerprint density at radius 1 is 0.377 bits per heavy atom. The van der Waals surface area contributed by atoms with E-state index in [1.54, 1.807) is 136 Å². The predicted molar refractivity (Wildman–Crippen MR) is 573 cm³/mol. The Morgan fingerprint density at radius 2 is 0.692 bits per heavy atom. The molecular formula is C109H108FIN26O9. The second-order valence-electron chi connectivity index (χ2n) is 30.8. The van der Waals surface area contributed by atoms with Crippen molar-refractivity contribution < 1.29 is 47.9 Å². The molecule has 0 bridgehead atoms. The van der Waals surface area contributed by atoms with Crippen LogP contribution >= 0.6 is 22.6 Å². The smallest absolute Gasteiger partial charge is 0.343 e. The average Bonchev–Trinajstić information content (AvgIpc) is 0.771. The monoisotopic (exact) mass is 2070 g/mol. The topological polar surface area (TPSA) is 532 Å². The number of anilines is 16. The van der Waals surface area contributed by atoms with Gasteiger partial charge in [0.2, 0.25) is 23.8 Å². The van der Waals surface area contributed by atoms with E-state index in [0.717, 1.165) is 93.2 Å². The molecule has 0 unspecified atom stereocenters. The first kappa shape index (κ1) is 116. The summed E-state index contributed by atoms with van der Waals surface area (Å²) in [5.74, 6) is 0.242. The number of allylic oxidation sites excluding steroid dienone is 4. The van der Waals surface area contributed by atoms with E-state index in [4.69, 9.17) is 65.8 Å². The fourth-order valence-electron chi connectivity index (χ4n) is 14.0. The number of carboxylic acid groups (broad SMARTS) is 1. The molecule has 13 rings (SSSR count). The molecule has 742 valence electrons. The fraction of sp³-hybridized carbons (Fsp3) is 0.193. The number of carbonyl (C=O) groups excluding carboxylic acids is 2. The molecule has 1 amide bonds. The molecular weight excluding hydrogens is 1960 g/mol. The molecule has 13 aromatic rings. The summed E-state index contributed by atoms with van der Waals surface area (Å²) in [6.45, 7) is 16.1. The number of methoxy groups -OCH3 is 4. The van der Waals surface area contributed by atoms with Gasteiger partial charge in [-0.25, -0.2) is 29.5 Å². The Hall–Kier alpha value is -18.6. The van der Waals surface area contributed by atoms with Crippen LogP contribution < -0.4 is 47.9 Å². The van der Waals surface area contributed by atoms with Crippen molar-refractivity contribution in [2.75, 3.05) is 77.6 Å². The molecule has 10 N–H and O–H groups in total. The molecule has 5 aromatic heterocycles. The maximum Gasteiger partial charge on any atom is 0.343 e. The number of aryl methyl sites for hydroxylation is 7. The van der Waals surface area contributed by atoms with Gasteiger partial charge in [0, 0.05) is 104 Å². The number of nitriles is 8. The number of aromatic nitrogens is 9. The molecule has 0 aliphatic rings. The van der Waals surface area contributed by atoms with E-state index < -0.39 is 17.8 Å². The Morgan fingerprint density at radius 3 is 1.02 bits per heavy atom. The number of ether oxygens (including phenoxy) is 5. The number of carbonyl (C=O) groups is 3. The van der Waals surface area contributed by atoms with E-state index in [1.807, 2.05) is 152 Å². The Bertz CT molecular complexity index is 7210. The van der Waals surface area contributed by atoms with Crippen molar-refractivity contribution in [3.05, 3.63) is 333 Å². The second kappa shape index (κ2) is 58.5. The molecule has 8 aromatic carbocycles. The molecule has 37 heteroatoms. The fourth-order valence-corrected chi connectivity index (χ4v) is 14.6. The third kappa shape index (κ3) is 33.0. The van der Waals surface area contributed by atoms with E-state index in [0.29, 0.717) is 80.5 Å². The predicted octanol–water partition coefficient (Wildman–Crippen LogP) is 23.1. The number of carboxylic acids is 1. The lowest BCUT2D eigenvalue weighted by molar-refractivity contribution is 0.0520. The van der Waals surface area contributed by atoms with Gasteiger partial charge in [-0.05, 0) is 321 Å². The summed E-state index contributed by atoms with van der Waals surface area (Å²) in [7, 11) is 6.12. The first-order chi connectivity index (χ1) is 68.7. The maximum absolute atomic E-state index is 13.5. The van der Waals surface area contributed by atoms with Crippen LogP contribution in [-0.2, 0) is 56.7 Å². The molecule has 0 radical (unpaired) electrons. The van der Waals surface area contributed by atoms with E-state index >= 15 is 0 Å². The maximum atomic E-state index is 13.5. The highest BCUT2D eigenvalue weighted by Crippen LogP contribution is 2.37. The third-order valence-electron chi connectivity index (χ3n) is 20.5. The van der Waals surface area contributed by atoms with Gasteiger partial charge < -0.3 is 76.6 Å². The minimum absolute atomic E-state index is 0. The van der Waals surface area contributed by atoms with Gasteiger partial charge in [-0.15, -0.1) is 0 Å². The number of nitrogens with zero attached hydrogens (tertiary/aromatic N) is 17. The van der Waals surface area contributed by atoms with E-state index in [1.165, 1.54) is 45.6 Å². The van der Waals surface area contributed by atoms with Crippen molar-refractivity contribution in [2.24, 2.45) is 0 Å². The van der Waals surface area contributed by atoms with Crippen LogP contribution in [0.2, 0.25) is 0 Å². The summed E-state index contributed by atoms with van der Waals surface area (Å²) in [4.78, 5) is 79.2. The van der Waals surface area contributed by atoms with Crippen molar-refractivity contribution >= 4 is 157 Å². The van der Waals surface area contributed by atoms with Crippen LogP contribution in [0, 0.1) is 143 Å². The number of amides is 1. The van der Waals surface area contributed by atoms with Gasteiger partial charge in [-0.2, -0.15) is 62.0 Å². The SMILES string of the molecule is C.C.C.CCOC(=O)c1c(COC)nc(Nc2ccc(C#N)cc2)nc1Nc1c(C)cc(/C=C/C#N)cc1C.COCc1nc(Nc2ccc(C#N)cc2)nc(Nc2c(C)cc(/C=C/C#N)cc2C)c1C(=O)O.COCc1nc(Nc2ccc(C#N)cc2)nc(Nc2c(C)cc(/C=C/C#N)cc2C)c1I.COCc1nc(Nc2ccc(C#N)cc2)nc(Nc2ccc(/C=C/C#N)cc2C)c1C(=O)NCc1ccccn1.F. The lowest BCUT2D eigenvalue weighted by atomic mass is 10.0. The van der Waals surface area contributed by atoms with Gasteiger partial charge >= 0.3 is 11.9 Å². The molecule has 0 fully saturated rings. The Kier molecular flexibility index (Phi) is 46.5. The molecule has 0 spiro atoms. The molecule has 0 atom stereocenters. The zero-order valence-electron chi connectivity index (χ0n) is 79.7. The van der Waals surface area contributed by atoms with Crippen LogP contribution in [0.4, 0.5) is 97.3 Å². The largest absolute Gasteiger partial charge is 0.477 e. The number of benzene rings is 8. The lowest BCUT2D eigenvalue weighted by Gasteiger charge is -2.18. The van der Waals surface area contributed by atoms with Crippen molar-refractivity contribution in [1.82, 2.24) is 50.2 Å². The number of halogens is 2. The van der Waals surface area contributed by atoms with Gasteiger partial charge in [-0.1, -0.05) is 34.4 Å². The van der Waals surface area contributed by atoms with Crippen molar-refractivity contribution in [3.8, 4) is 48.6 Å². The minimum atomic E-state index is -1.19. The van der Waals surface area contributed by atoms with E-state index in [-0.39, 0.29) is 118 Å². The molecule has 0 saturated heterocycles. The zero-order valence-corrected chi connectivity index (χ0v) is 81.9. The summed E-state index contributed by atoms with van der Waals surface area (Å²) >= 11 is 2.22. The van der Waals surface area contributed by atoms with Crippen molar-refractivity contribution in [3.63, 3.8) is 0 Å². The van der Waals surface area contributed by atoms with Crippen LogP contribution in [0.3, 0.4) is 0 Å². The number of hydrogen-bond donors (Lipinski definition) is 10. The highest BCUT2D eigenvalue weighted by molar-refractivity contribution is 14.1.